The van der Waals surface area contributed by atoms with Gasteiger partial charge in [0.1, 0.15) is 12.1 Å². The molecule has 2 aromatic carbocycles. The number of Topliss-reactive ketones (excluding diaryl/α,β-unsaturated/α-hetero) is 1. The van der Waals surface area contributed by atoms with Crippen LogP contribution in [0.5, 0.6) is 5.75 Å². The molecule has 11 heteroatoms. The van der Waals surface area contributed by atoms with Gasteiger partial charge in [-0.1, -0.05) is 42.5 Å². The number of piperidine rings is 1. The standard InChI is InChI=1S/C34H41N5O3.3ClH/c1-23-30(24(2)37-22-36-23)32(40)31(29-20-35-19-28(29)26-7-5-4-6-8-26)38-16-13-34(14-17-38)15-18-39(33(34)41)21-25-9-11-27(42-3)12-10-25;;;/h4-12,22,28-29,31,35H,13-21H2,1-3H3;3*1H/t28-,29-,31?;;;/m1.../s1. The van der Waals surface area contributed by atoms with E-state index in [9.17, 15) is 9.59 Å². The number of nitrogens with one attached hydrogen (secondary N) is 1. The highest BCUT2D eigenvalue weighted by molar-refractivity contribution is 6.02. The fourth-order valence-corrected chi connectivity index (χ4v) is 7.51. The van der Waals surface area contributed by atoms with Crippen LogP contribution in [0.4, 0.5) is 0 Å². The number of amides is 1. The molecule has 3 aliphatic heterocycles. The molecule has 1 spiro atoms. The van der Waals surface area contributed by atoms with Gasteiger partial charge in [0.25, 0.3) is 0 Å². The van der Waals surface area contributed by atoms with E-state index in [2.05, 4.69) is 44.5 Å². The summed E-state index contributed by atoms with van der Waals surface area (Å²) in [5.74, 6) is 1.52. The predicted molar refractivity (Wildman–Crippen MR) is 183 cm³/mol. The number of rotatable bonds is 8. The molecule has 6 rings (SSSR count). The van der Waals surface area contributed by atoms with Crippen molar-refractivity contribution >= 4 is 48.9 Å². The molecule has 3 saturated heterocycles. The minimum atomic E-state index is -0.342. The number of methoxy groups -OCH3 is 1. The zero-order chi connectivity index (χ0) is 29.3. The number of nitrogens with zero attached hydrogens (tertiary/aromatic N) is 4. The third kappa shape index (κ3) is 7.31. The maximum absolute atomic E-state index is 14.5. The summed E-state index contributed by atoms with van der Waals surface area (Å²) in [4.78, 5) is 41.5. The maximum Gasteiger partial charge on any atom is 0.229 e. The molecule has 0 saturated carbocycles. The Hall–Kier alpha value is -2.75. The van der Waals surface area contributed by atoms with E-state index in [0.717, 1.165) is 74.7 Å². The molecule has 0 bridgehead atoms. The number of hydrogen-bond donors (Lipinski definition) is 1. The molecule has 1 amide bonds. The van der Waals surface area contributed by atoms with Crippen molar-refractivity contribution in [3.63, 3.8) is 0 Å². The molecule has 1 aromatic heterocycles. The van der Waals surface area contributed by atoms with Gasteiger partial charge in [0.2, 0.25) is 5.91 Å². The summed E-state index contributed by atoms with van der Waals surface area (Å²) in [5.41, 5.74) is 4.13. The average Bonchev–Trinajstić information content (AvgIpc) is 3.60. The second-order valence-corrected chi connectivity index (χ2v) is 12.2. The zero-order valence-corrected chi connectivity index (χ0v) is 28.6. The zero-order valence-electron chi connectivity index (χ0n) is 26.1. The van der Waals surface area contributed by atoms with Crippen LogP contribution in [0.3, 0.4) is 0 Å². The summed E-state index contributed by atoms with van der Waals surface area (Å²) in [6.07, 6.45) is 3.95. The van der Waals surface area contributed by atoms with Crippen molar-refractivity contribution in [1.29, 1.82) is 0 Å². The summed E-state index contributed by atoms with van der Waals surface area (Å²) in [6.45, 7) is 8.27. The van der Waals surface area contributed by atoms with E-state index >= 15 is 0 Å². The minimum absolute atomic E-state index is 0. The van der Waals surface area contributed by atoms with E-state index in [1.54, 1.807) is 7.11 Å². The normalized spacial score (nSPS) is 21.4. The van der Waals surface area contributed by atoms with Crippen LogP contribution in [0.25, 0.3) is 0 Å². The van der Waals surface area contributed by atoms with E-state index in [0.29, 0.717) is 12.1 Å². The summed E-state index contributed by atoms with van der Waals surface area (Å²) < 4.78 is 5.29. The van der Waals surface area contributed by atoms with Crippen LogP contribution in [0.2, 0.25) is 0 Å². The van der Waals surface area contributed by atoms with Gasteiger partial charge in [0.15, 0.2) is 5.78 Å². The van der Waals surface area contributed by atoms with Crippen LogP contribution in [0.1, 0.15) is 58.1 Å². The van der Waals surface area contributed by atoms with E-state index in [1.165, 1.54) is 11.9 Å². The first-order valence-electron chi connectivity index (χ1n) is 15.1. The maximum atomic E-state index is 14.5. The number of ether oxygens (including phenoxy) is 1. The lowest BCUT2D eigenvalue weighted by Crippen LogP contribution is -2.54. The van der Waals surface area contributed by atoms with Crippen molar-refractivity contribution in [2.75, 3.05) is 39.8 Å². The molecule has 0 aliphatic carbocycles. The lowest BCUT2D eigenvalue weighted by atomic mass is 9.74. The largest absolute Gasteiger partial charge is 0.497 e. The molecular formula is C34H44Cl3N5O3. The molecule has 3 aliphatic rings. The van der Waals surface area contributed by atoms with Gasteiger partial charge in [-0.25, -0.2) is 9.97 Å². The average molecular weight is 677 g/mol. The van der Waals surface area contributed by atoms with Gasteiger partial charge in [-0.3, -0.25) is 14.5 Å². The predicted octanol–water partition coefficient (Wildman–Crippen LogP) is 5.44. The quantitative estimate of drug-likeness (QED) is 0.318. The number of aryl methyl sites for hydroxylation is 2. The first kappa shape index (κ1) is 36.7. The third-order valence-electron chi connectivity index (χ3n) is 9.92. The molecule has 8 nitrogen and oxygen atoms in total. The highest BCUT2D eigenvalue weighted by Gasteiger charge is 2.51. The van der Waals surface area contributed by atoms with Crippen LogP contribution in [-0.2, 0) is 11.3 Å². The highest BCUT2D eigenvalue weighted by atomic mass is 35.5. The second kappa shape index (κ2) is 15.7. The van der Waals surface area contributed by atoms with E-state index in [1.807, 2.05) is 49.1 Å². The summed E-state index contributed by atoms with van der Waals surface area (Å²) in [6, 6.07) is 18.2. The Morgan fingerprint density at radius 2 is 1.56 bits per heavy atom. The first-order valence-corrected chi connectivity index (χ1v) is 15.1. The van der Waals surface area contributed by atoms with Crippen molar-refractivity contribution in [2.45, 2.75) is 51.6 Å². The number of carbonyl (C=O) groups excluding carboxylic acids is 2. The van der Waals surface area contributed by atoms with Gasteiger partial charge < -0.3 is 15.0 Å². The fraction of sp³-hybridized carbons (Fsp3) is 0.471. The summed E-state index contributed by atoms with van der Waals surface area (Å²) in [5, 5.41) is 3.59. The van der Waals surface area contributed by atoms with E-state index in [4.69, 9.17) is 4.74 Å². The monoisotopic (exact) mass is 675 g/mol. The molecule has 1 N–H and O–H groups in total. The van der Waals surface area contributed by atoms with Crippen LogP contribution >= 0.6 is 37.2 Å². The molecular weight excluding hydrogens is 633 g/mol. The van der Waals surface area contributed by atoms with Gasteiger partial charge in [0, 0.05) is 38.0 Å². The molecule has 1 unspecified atom stereocenters. The SMILES string of the molecule is COc1ccc(CN2CCC3(CCN(C(C(=O)c4c(C)ncnc4C)[C@@H]4CNC[C@@H]4c4ccccc4)CC3)C2=O)cc1.Cl.Cl.Cl. The van der Waals surface area contributed by atoms with Crippen LogP contribution in [0.15, 0.2) is 60.9 Å². The van der Waals surface area contributed by atoms with E-state index < -0.39 is 0 Å². The minimum Gasteiger partial charge on any atom is -0.497 e. The smallest absolute Gasteiger partial charge is 0.229 e. The van der Waals surface area contributed by atoms with Crippen molar-refractivity contribution in [2.24, 2.45) is 11.3 Å². The van der Waals surface area contributed by atoms with Crippen molar-refractivity contribution in [1.82, 2.24) is 25.1 Å². The lowest BCUT2D eigenvalue weighted by Gasteiger charge is -2.44. The third-order valence-corrected chi connectivity index (χ3v) is 9.92. The van der Waals surface area contributed by atoms with Gasteiger partial charge >= 0.3 is 0 Å². The molecule has 3 atom stereocenters. The number of hydrogen-bond acceptors (Lipinski definition) is 7. The van der Waals surface area contributed by atoms with Crippen molar-refractivity contribution in [3.8, 4) is 5.75 Å². The van der Waals surface area contributed by atoms with Gasteiger partial charge in [-0.15, -0.1) is 37.2 Å². The van der Waals surface area contributed by atoms with Crippen molar-refractivity contribution in [3.05, 3.63) is 89.0 Å². The number of benzene rings is 2. The van der Waals surface area contributed by atoms with Gasteiger partial charge in [-0.05, 0) is 69.5 Å². The Kier molecular flexibility index (Phi) is 12.8. The van der Waals surface area contributed by atoms with Gasteiger partial charge in [0.05, 0.1) is 35.5 Å². The Balaban J connectivity index is 0.00000184. The van der Waals surface area contributed by atoms with E-state index in [-0.39, 0.29) is 72.2 Å². The lowest BCUT2D eigenvalue weighted by molar-refractivity contribution is -0.139. The second-order valence-electron chi connectivity index (χ2n) is 12.2. The Morgan fingerprint density at radius 3 is 2.18 bits per heavy atom. The van der Waals surface area contributed by atoms with Crippen LogP contribution in [-0.4, -0.2) is 77.3 Å². The Labute approximate surface area is 285 Å². The number of likely N-dealkylation sites (tertiary alicyclic amines) is 2. The van der Waals surface area contributed by atoms with Crippen LogP contribution < -0.4 is 10.1 Å². The summed E-state index contributed by atoms with van der Waals surface area (Å²) in [7, 11) is 1.66. The fourth-order valence-electron chi connectivity index (χ4n) is 7.51. The number of halogens is 3. The molecule has 4 heterocycles. The number of aromatic nitrogens is 2. The topological polar surface area (TPSA) is 87.7 Å². The van der Waals surface area contributed by atoms with Crippen molar-refractivity contribution < 1.29 is 14.3 Å². The first-order chi connectivity index (χ1) is 20.4. The Morgan fingerprint density at radius 1 is 0.933 bits per heavy atom. The number of ketones is 1. The number of carbonyl (C=O) groups is 2. The van der Waals surface area contributed by atoms with Gasteiger partial charge in [-0.2, -0.15) is 0 Å². The molecule has 45 heavy (non-hydrogen) atoms. The highest BCUT2D eigenvalue weighted by Crippen LogP contribution is 2.44. The molecule has 244 valence electrons. The molecule has 3 aromatic rings. The summed E-state index contributed by atoms with van der Waals surface area (Å²) >= 11 is 0. The molecule has 0 radical (unpaired) electrons. The molecule has 3 fully saturated rings. The Bertz CT molecular complexity index is 1410. The van der Waals surface area contributed by atoms with Crippen LogP contribution in [0, 0.1) is 25.2 Å².